The molecule has 0 aliphatic heterocycles. The lowest BCUT2D eigenvalue weighted by Crippen LogP contribution is -2.22. The third-order valence-electron chi connectivity index (χ3n) is 4.08. The molecule has 0 aromatic heterocycles. The lowest BCUT2D eigenvalue weighted by molar-refractivity contribution is 0.960. The van der Waals surface area contributed by atoms with Crippen LogP contribution in [0.1, 0.15) is 36.1 Å². The van der Waals surface area contributed by atoms with Gasteiger partial charge in [-0.15, -0.1) is 35.0 Å². The summed E-state index contributed by atoms with van der Waals surface area (Å²) in [5.41, 5.74) is 27.1. The molecule has 0 bridgehead atoms. The maximum atomic E-state index is 5.29. The van der Waals surface area contributed by atoms with Crippen LogP contribution >= 0.6 is 24.8 Å². The first-order valence-corrected chi connectivity index (χ1v) is 8.80. The standard InChI is InChI=1S/C20H26N8.2ClH/c1-13(25-27-19(21)22)17-9-5-15(6-10-17)3-4-16-7-11-18(12-8-16)14(2)26-28-20(23)24;;/h5-12H,3-4H2,1-2H3,(H4,21,22,27)(H4,23,24,28);2*1H/b25-13+,26-14+;;. The van der Waals surface area contributed by atoms with Crippen molar-refractivity contribution >= 4 is 48.2 Å². The average molecular weight is 451 g/mol. The molecule has 2 aromatic rings. The van der Waals surface area contributed by atoms with Gasteiger partial charge >= 0.3 is 0 Å². The Morgan fingerprint density at radius 2 is 0.867 bits per heavy atom. The smallest absolute Gasteiger partial charge is 0.211 e. The normalized spacial score (nSPS) is 11.0. The summed E-state index contributed by atoms with van der Waals surface area (Å²) in [6, 6.07) is 16.4. The van der Waals surface area contributed by atoms with Gasteiger partial charge < -0.3 is 22.9 Å². The van der Waals surface area contributed by atoms with Crippen molar-refractivity contribution in [2.75, 3.05) is 0 Å². The van der Waals surface area contributed by atoms with E-state index in [0.29, 0.717) is 0 Å². The van der Waals surface area contributed by atoms with Gasteiger partial charge in [0.1, 0.15) is 0 Å². The highest BCUT2D eigenvalue weighted by Crippen LogP contribution is 2.12. The van der Waals surface area contributed by atoms with Gasteiger partial charge in [-0.05, 0) is 48.9 Å². The molecule has 0 unspecified atom stereocenters. The molecule has 0 aliphatic carbocycles. The van der Waals surface area contributed by atoms with Crippen LogP contribution in [-0.2, 0) is 12.8 Å². The van der Waals surface area contributed by atoms with Crippen LogP contribution < -0.4 is 22.9 Å². The van der Waals surface area contributed by atoms with E-state index in [1.165, 1.54) is 11.1 Å². The summed E-state index contributed by atoms with van der Waals surface area (Å²) in [6.45, 7) is 3.73. The van der Waals surface area contributed by atoms with Crippen molar-refractivity contribution in [2.24, 2.45) is 43.3 Å². The number of hydrogen-bond donors (Lipinski definition) is 4. The van der Waals surface area contributed by atoms with Gasteiger partial charge in [0.2, 0.25) is 11.9 Å². The molecule has 0 fully saturated rings. The van der Waals surface area contributed by atoms with Crippen LogP contribution in [-0.4, -0.2) is 23.3 Å². The van der Waals surface area contributed by atoms with Gasteiger partial charge in [-0.1, -0.05) is 48.5 Å². The number of benzene rings is 2. The second-order valence-electron chi connectivity index (χ2n) is 6.31. The topological polar surface area (TPSA) is 154 Å². The molecular formula is C20H28Cl2N8. The number of hydrogen-bond acceptors (Lipinski definition) is 4. The van der Waals surface area contributed by atoms with Gasteiger partial charge in [-0.2, -0.15) is 10.2 Å². The number of guanidine groups is 2. The molecule has 0 spiro atoms. The van der Waals surface area contributed by atoms with E-state index in [1.807, 2.05) is 38.1 Å². The highest BCUT2D eigenvalue weighted by molar-refractivity contribution is 5.99. The highest BCUT2D eigenvalue weighted by atomic mass is 35.5. The van der Waals surface area contributed by atoms with Gasteiger partial charge in [0, 0.05) is 0 Å². The third-order valence-corrected chi connectivity index (χ3v) is 4.08. The van der Waals surface area contributed by atoms with Crippen molar-refractivity contribution in [1.29, 1.82) is 0 Å². The molecular weight excluding hydrogens is 423 g/mol. The van der Waals surface area contributed by atoms with E-state index in [4.69, 9.17) is 22.9 Å². The Morgan fingerprint density at radius 3 is 1.13 bits per heavy atom. The first kappa shape index (κ1) is 26.9. The fourth-order valence-electron chi connectivity index (χ4n) is 2.49. The fraction of sp³-hybridized carbons (Fsp3) is 0.200. The van der Waals surface area contributed by atoms with E-state index in [0.717, 1.165) is 35.4 Å². The molecule has 162 valence electrons. The van der Waals surface area contributed by atoms with Crippen molar-refractivity contribution in [3.63, 3.8) is 0 Å². The molecule has 0 amide bonds. The van der Waals surface area contributed by atoms with Gasteiger partial charge in [-0.25, -0.2) is 0 Å². The lowest BCUT2D eigenvalue weighted by atomic mass is 10.0. The number of rotatable bonds is 7. The zero-order chi connectivity index (χ0) is 20.5. The van der Waals surface area contributed by atoms with Gasteiger partial charge in [0.15, 0.2) is 0 Å². The summed E-state index contributed by atoms with van der Waals surface area (Å²) in [7, 11) is 0. The fourth-order valence-corrected chi connectivity index (χ4v) is 2.49. The Labute approximate surface area is 189 Å². The maximum Gasteiger partial charge on any atom is 0.211 e. The van der Waals surface area contributed by atoms with Crippen LogP contribution in [0.15, 0.2) is 68.9 Å². The first-order chi connectivity index (χ1) is 13.3. The quantitative estimate of drug-likeness (QED) is 0.290. The number of aryl methyl sites for hydroxylation is 2. The van der Waals surface area contributed by atoms with Crippen LogP contribution in [0, 0.1) is 0 Å². The lowest BCUT2D eigenvalue weighted by Gasteiger charge is -2.06. The zero-order valence-electron chi connectivity index (χ0n) is 16.9. The predicted octanol–water partition coefficient (Wildman–Crippen LogP) is 2.31. The SMILES string of the molecule is C/C(=N\N=C(N)N)c1ccc(CCc2ccc(/C(C)=N/N=C(N)N)cc2)cc1.Cl.Cl. The Morgan fingerprint density at radius 1 is 0.567 bits per heavy atom. The number of nitrogens with zero attached hydrogens (tertiary/aromatic N) is 4. The molecule has 8 nitrogen and oxygen atoms in total. The molecule has 0 saturated heterocycles. The molecule has 0 heterocycles. The number of nitrogens with two attached hydrogens (primary N) is 4. The molecule has 2 rings (SSSR count). The summed E-state index contributed by atoms with van der Waals surface area (Å²) in [4.78, 5) is 0. The molecule has 10 heteroatoms. The second kappa shape index (κ2) is 13.2. The van der Waals surface area contributed by atoms with E-state index in [2.05, 4.69) is 44.7 Å². The summed E-state index contributed by atoms with van der Waals surface area (Å²) >= 11 is 0. The Hall–Kier alpha value is -3.10. The highest BCUT2D eigenvalue weighted by Gasteiger charge is 2.02. The maximum absolute atomic E-state index is 5.29. The largest absolute Gasteiger partial charge is 0.369 e. The molecule has 8 N–H and O–H groups in total. The molecule has 0 radical (unpaired) electrons. The Kier molecular flexibility index (Phi) is 11.8. The molecule has 0 aliphatic rings. The second-order valence-corrected chi connectivity index (χ2v) is 6.31. The summed E-state index contributed by atoms with van der Waals surface area (Å²) in [5, 5.41) is 15.3. The van der Waals surface area contributed by atoms with Crippen LogP contribution in [0.3, 0.4) is 0 Å². The Balaban J connectivity index is 0.00000420. The van der Waals surface area contributed by atoms with Crippen LogP contribution in [0.25, 0.3) is 0 Å². The summed E-state index contributed by atoms with van der Waals surface area (Å²) in [5.74, 6) is -0.112. The molecule has 0 saturated carbocycles. The van der Waals surface area contributed by atoms with E-state index >= 15 is 0 Å². The van der Waals surface area contributed by atoms with Crippen LogP contribution in [0.2, 0.25) is 0 Å². The van der Waals surface area contributed by atoms with Crippen molar-refractivity contribution < 1.29 is 0 Å². The first-order valence-electron chi connectivity index (χ1n) is 8.80. The van der Waals surface area contributed by atoms with Gasteiger partial charge in [-0.3, -0.25) is 0 Å². The van der Waals surface area contributed by atoms with Crippen LogP contribution in [0.4, 0.5) is 0 Å². The minimum Gasteiger partial charge on any atom is -0.369 e. The molecule has 2 aromatic carbocycles. The van der Waals surface area contributed by atoms with E-state index in [9.17, 15) is 0 Å². The molecule has 0 atom stereocenters. The van der Waals surface area contributed by atoms with E-state index in [-0.39, 0.29) is 36.7 Å². The number of halogens is 2. The zero-order valence-corrected chi connectivity index (χ0v) is 18.6. The van der Waals surface area contributed by atoms with E-state index in [1.54, 1.807) is 0 Å². The van der Waals surface area contributed by atoms with Gasteiger partial charge in [0.05, 0.1) is 11.4 Å². The van der Waals surface area contributed by atoms with E-state index < -0.39 is 0 Å². The molecule has 30 heavy (non-hydrogen) atoms. The van der Waals surface area contributed by atoms with Crippen molar-refractivity contribution in [1.82, 2.24) is 0 Å². The average Bonchev–Trinajstić information content (AvgIpc) is 2.69. The monoisotopic (exact) mass is 450 g/mol. The van der Waals surface area contributed by atoms with Crippen molar-refractivity contribution in [3.05, 3.63) is 70.8 Å². The van der Waals surface area contributed by atoms with Crippen LogP contribution in [0.5, 0.6) is 0 Å². The minimum atomic E-state index is -0.0558. The predicted molar refractivity (Wildman–Crippen MR) is 131 cm³/mol. The van der Waals surface area contributed by atoms with Crippen molar-refractivity contribution in [3.8, 4) is 0 Å². The van der Waals surface area contributed by atoms with Crippen molar-refractivity contribution in [2.45, 2.75) is 26.7 Å². The minimum absolute atomic E-state index is 0. The third kappa shape index (κ3) is 8.93. The Bertz CT molecular complexity index is 831. The van der Waals surface area contributed by atoms with Gasteiger partial charge in [0.25, 0.3) is 0 Å². The summed E-state index contributed by atoms with van der Waals surface area (Å²) in [6.07, 6.45) is 1.87. The summed E-state index contributed by atoms with van der Waals surface area (Å²) < 4.78 is 0.